The minimum Gasteiger partial charge on any atom is -0.480 e. The van der Waals surface area contributed by atoms with E-state index in [1.54, 1.807) is 27.7 Å². The molecule has 1 atom stereocenters. The summed E-state index contributed by atoms with van der Waals surface area (Å²) in [6.07, 6.45) is 0.354. The summed E-state index contributed by atoms with van der Waals surface area (Å²) in [6, 6.07) is 0. The molecule has 3 N–H and O–H groups in total. The Balaban J connectivity index is 4.21. The van der Waals surface area contributed by atoms with Crippen molar-refractivity contribution in [2.75, 3.05) is 6.54 Å². The summed E-state index contributed by atoms with van der Waals surface area (Å²) in [5.74, 6) is -1.60. The Morgan fingerprint density at radius 2 is 1.63 bits per heavy atom. The van der Waals surface area contributed by atoms with E-state index in [-0.39, 0.29) is 24.8 Å². The van der Waals surface area contributed by atoms with E-state index in [2.05, 4.69) is 10.6 Å². The molecule has 0 spiro atoms. The van der Waals surface area contributed by atoms with E-state index in [4.69, 9.17) is 5.11 Å². The van der Waals surface area contributed by atoms with Crippen molar-refractivity contribution in [2.45, 2.75) is 53.0 Å². The van der Waals surface area contributed by atoms with Gasteiger partial charge in [0.1, 0.15) is 5.54 Å². The summed E-state index contributed by atoms with van der Waals surface area (Å²) in [4.78, 5) is 34.2. The molecule has 2 amide bonds. The normalized spacial score (nSPS) is 14.4. The third kappa shape index (κ3) is 5.72. The topological polar surface area (TPSA) is 95.5 Å². The van der Waals surface area contributed by atoms with Gasteiger partial charge in [-0.15, -0.1) is 0 Å². The lowest BCUT2D eigenvalue weighted by atomic mass is 9.96. The number of hydrogen-bond donors (Lipinski definition) is 3. The molecule has 0 rings (SSSR count). The standard InChI is InChI=1S/C13H24N2O4/c1-6-13(5,11(18)19)15-9(16)7-8-14-10(17)12(2,3)4/h6-8H2,1-5H3,(H,14,17)(H,15,16)(H,18,19). The van der Waals surface area contributed by atoms with Crippen molar-refractivity contribution in [1.29, 1.82) is 0 Å². The second kappa shape index (κ2) is 6.54. The first-order valence-electron chi connectivity index (χ1n) is 6.35. The molecule has 19 heavy (non-hydrogen) atoms. The van der Waals surface area contributed by atoms with E-state index >= 15 is 0 Å². The smallest absolute Gasteiger partial charge is 0.329 e. The van der Waals surface area contributed by atoms with E-state index in [9.17, 15) is 14.4 Å². The zero-order chi connectivity index (χ0) is 15.3. The molecule has 0 saturated carbocycles. The summed E-state index contributed by atoms with van der Waals surface area (Å²) in [5.41, 5.74) is -1.76. The fourth-order valence-electron chi connectivity index (χ4n) is 1.22. The summed E-state index contributed by atoms with van der Waals surface area (Å²) in [5, 5.41) is 14.1. The third-order valence-electron chi connectivity index (χ3n) is 2.91. The highest BCUT2D eigenvalue weighted by Crippen LogP contribution is 2.12. The van der Waals surface area contributed by atoms with Gasteiger partial charge in [-0.3, -0.25) is 9.59 Å². The highest BCUT2D eigenvalue weighted by molar-refractivity contribution is 5.87. The number of rotatable bonds is 6. The second-order valence-corrected chi connectivity index (χ2v) is 5.79. The van der Waals surface area contributed by atoms with Crippen LogP contribution < -0.4 is 10.6 Å². The predicted octanol–water partition coefficient (Wildman–Crippen LogP) is 0.908. The average molecular weight is 272 g/mol. The Morgan fingerprint density at radius 1 is 1.11 bits per heavy atom. The minimum atomic E-state index is -1.26. The molecule has 0 bridgehead atoms. The monoisotopic (exact) mass is 272 g/mol. The first-order chi connectivity index (χ1) is 8.53. The average Bonchev–Trinajstić information content (AvgIpc) is 2.27. The maximum atomic E-state index is 11.6. The SMILES string of the molecule is CCC(C)(NC(=O)CCNC(=O)C(C)(C)C)C(=O)O. The molecule has 0 aliphatic carbocycles. The molecule has 0 aliphatic heterocycles. The summed E-state index contributed by atoms with van der Waals surface area (Å²) >= 11 is 0. The Morgan fingerprint density at radius 3 is 2.00 bits per heavy atom. The number of nitrogens with one attached hydrogen (secondary N) is 2. The van der Waals surface area contributed by atoms with E-state index in [1.165, 1.54) is 6.92 Å². The molecule has 0 aromatic carbocycles. The van der Waals surface area contributed by atoms with Gasteiger partial charge in [0.15, 0.2) is 0 Å². The van der Waals surface area contributed by atoms with Crippen molar-refractivity contribution in [3.8, 4) is 0 Å². The van der Waals surface area contributed by atoms with Crippen molar-refractivity contribution in [2.24, 2.45) is 5.41 Å². The Bertz CT molecular complexity index is 360. The van der Waals surface area contributed by atoms with Crippen molar-refractivity contribution in [1.82, 2.24) is 10.6 Å². The van der Waals surface area contributed by atoms with Crippen LogP contribution in [0.25, 0.3) is 0 Å². The fourth-order valence-corrected chi connectivity index (χ4v) is 1.22. The zero-order valence-corrected chi connectivity index (χ0v) is 12.3. The number of amides is 2. The first-order valence-corrected chi connectivity index (χ1v) is 6.35. The largest absolute Gasteiger partial charge is 0.480 e. The lowest BCUT2D eigenvalue weighted by Gasteiger charge is -2.24. The van der Waals surface area contributed by atoms with E-state index in [1.807, 2.05) is 0 Å². The van der Waals surface area contributed by atoms with Gasteiger partial charge in [-0.25, -0.2) is 4.79 Å². The molecule has 110 valence electrons. The van der Waals surface area contributed by atoms with Gasteiger partial charge >= 0.3 is 5.97 Å². The summed E-state index contributed by atoms with van der Waals surface area (Å²) < 4.78 is 0. The summed E-state index contributed by atoms with van der Waals surface area (Å²) in [7, 11) is 0. The van der Waals surface area contributed by atoms with Crippen LogP contribution in [-0.4, -0.2) is 35.0 Å². The van der Waals surface area contributed by atoms with Gasteiger partial charge in [0.05, 0.1) is 0 Å². The van der Waals surface area contributed by atoms with Gasteiger partial charge in [-0.05, 0) is 13.3 Å². The molecular formula is C13H24N2O4. The van der Waals surface area contributed by atoms with Gasteiger partial charge < -0.3 is 15.7 Å². The maximum absolute atomic E-state index is 11.6. The third-order valence-corrected chi connectivity index (χ3v) is 2.91. The van der Waals surface area contributed by atoms with Gasteiger partial charge in [0.2, 0.25) is 11.8 Å². The number of carboxylic acids is 1. The molecule has 1 unspecified atom stereocenters. The van der Waals surface area contributed by atoms with Crippen LogP contribution in [0.5, 0.6) is 0 Å². The molecule has 6 nitrogen and oxygen atoms in total. The highest BCUT2D eigenvalue weighted by atomic mass is 16.4. The minimum absolute atomic E-state index is 0.0602. The number of carboxylic acid groups (broad SMARTS) is 1. The first kappa shape index (κ1) is 17.4. The van der Waals surface area contributed by atoms with E-state index < -0.39 is 16.9 Å². The van der Waals surface area contributed by atoms with E-state index in [0.29, 0.717) is 6.42 Å². The van der Waals surface area contributed by atoms with Crippen molar-refractivity contribution < 1.29 is 19.5 Å². The van der Waals surface area contributed by atoms with Gasteiger partial charge in [0, 0.05) is 18.4 Å². The van der Waals surface area contributed by atoms with Crippen LogP contribution in [0.1, 0.15) is 47.5 Å². The summed E-state index contributed by atoms with van der Waals surface area (Å²) in [6.45, 7) is 8.68. The highest BCUT2D eigenvalue weighted by Gasteiger charge is 2.32. The molecular weight excluding hydrogens is 248 g/mol. The van der Waals surface area contributed by atoms with Crippen LogP contribution in [0.15, 0.2) is 0 Å². The zero-order valence-electron chi connectivity index (χ0n) is 12.3. The van der Waals surface area contributed by atoms with Crippen LogP contribution in [-0.2, 0) is 14.4 Å². The van der Waals surface area contributed by atoms with Crippen LogP contribution >= 0.6 is 0 Å². The predicted molar refractivity (Wildman–Crippen MR) is 71.6 cm³/mol. The van der Waals surface area contributed by atoms with Gasteiger partial charge in [-0.2, -0.15) is 0 Å². The quantitative estimate of drug-likeness (QED) is 0.669. The molecule has 0 aromatic heterocycles. The molecule has 0 heterocycles. The molecule has 0 aromatic rings. The molecule has 0 fully saturated rings. The fraction of sp³-hybridized carbons (Fsp3) is 0.769. The molecule has 0 aliphatic rings. The van der Waals surface area contributed by atoms with Crippen LogP contribution in [0, 0.1) is 5.41 Å². The lowest BCUT2D eigenvalue weighted by molar-refractivity contribution is -0.147. The van der Waals surface area contributed by atoms with Crippen LogP contribution in [0.3, 0.4) is 0 Å². The lowest BCUT2D eigenvalue weighted by Crippen LogP contribution is -2.52. The van der Waals surface area contributed by atoms with Crippen molar-refractivity contribution in [3.63, 3.8) is 0 Å². The number of carbonyl (C=O) groups excluding carboxylic acids is 2. The number of aliphatic carboxylic acids is 1. The van der Waals surface area contributed by atoms with Crippen LogP contribution in [0.2, 0.25) is 0 Å². The van der Waals surface area contributed by atoms with Crippen LogP contribution in [0.4, 0.5) is 0 Å². The Kier molecular flexibility index (Phi) is 5.99. The molecule has 6 heteroatoms. The van der Waals surface area contributed by atoms with Crippen molar-refractivity contribution in [3.05, 3.63) is 0 Å². The van der Waals surface area contributed by atoms with Gasteiger partial charge in [-0.1, -0.05) is 27.7 Å². The van der Waals surface area contributed by atoms with Crippen molar-refractivity contribution >= 4 is 17.8 Å². The molecule has 0 radical (unpaired) electrons. The van der Waals surface area contributed by atoms with Gasteiger partial charge in [0.25, 0.3) is 0 Å². The number of hydrogen-bond acceptors (Lipinski definition) is 3. The Labute approximate surface area is 113 Å². The van der Waals surface area contributed by atoms with E-state index in [0.717, 1.165) is 0 Å². The maximum Gasteiger partial charge on any atom is 0.329 e. The number of carbonyl (C=O) groups is 3. The Hall–Kier alpha value is -1.59. The second-order valence-electron chi connectivity index (χ2n) is 5.79. The molecule has 0 saturated heterocycles.